The molecule has 0 saturated heterocycles. The highest BCUT2D eigenvalue weighted by molar-refractivity contribution is 6.05. The van der Waals surface area contributed by atoms with Crippen LogP contribution < -0.4 is 0 Å². The quantitative estimate of drug-likeness (QED) is 0.843. The summed E-state index contributed by atoms with van der Waals surface area (Å²) < 4.78 is 0. The van der Waals surface area contributed by atoms with Crippen molar-refractivity contribution in [2.75, 3.05) is 14.1 Å². The van der Waals surface area contributed by atoms with Crippen LogP contribution in [0.3, 0.4) is 0 Å². The van der Waals surface area contributed by atoms with Gasteiger partial charge in [-0.05, 0) is 43.1 Å². The van der Waals surface area contributed by atoms with Crippen LogP contribution in [0.1, 0.15) is 76.7 Å². The van der Waals surface area contributed by atoms with E-state index in [0.717, 1.165) is 41.8 Å². The number of rotatable bonds is 2. The van der Waals surface area contributed by atoms with Crippen molar-refractivity contribution in [1.29, 1.82) is 0 Å². The van der Waals surface area contributed by atoms with Gasteiger partial charge in [0.1, 0.15) is 0 Å². The van der Waals surface area contributed by atoms with Crippen molar-refractivity contribution in [3.8, 4) is 0 Å². The van der Waals surface area contributed by atoms with Crippen molar-refractivity contribution >= 4 is 11.7 Å². The van der Waals surface area contributed by atoms with Gasteiger partial charge < -0.3 is 4.90 Å². The van der Waals surface area contributed by atoms with Gasteiger partial charge >= 0.3 is 0 Å². The molecule has 1 aromatic rings. The molecule has 0 aromatic carbocycles. The Morgan fingerprint density at radius 2 is 1.86 bits per heavy atom. The zero-order valence-electron chi connectivity index (χ0n) is 14.1. The van der Waals surface area contributed by atoms with Crippen LogP contribution in [0.15, 0.2) is 0 Å². The maximum atomic E-state index is 12.7. The monoisotopic (exact) mass is 300 g/mol. The highest BCUT2D eigenvalue weighted by Crippen LogP contribution is 2.47. The summed E-state index contributed by atoms with van der Waals surface area (Å²) in [5.41, 5.74) is 4.04. The van der Waals surface area contributed by atoms with Gasteiger partial charge in [-0.15, -0.1) is 0 Å². The smallest absolute Gasteiger partial charge is 0.255 e. The molecule has 0 spiro atoms. The molecule has 2 aliphatic carbocycles. The Balaban J connectivity index is 2.25. The largest absolute Gasteiger partial charge is 0.345 e. The van der Waals surface area contributed by atoms with Crippen molar-refractivity contribution in [2.24, 2.45) is 5.41 Å². The third kappa shape index (κ3) is 2.44. The van der Waals surface area contributed by atoms with E-state index in [4.69, 9.17) is 0 Å². The normalized spacial score (nSPS) is 19.8. The Labute approximate surface area is 131 Å². The average Bonchev–Trinajstić information content (AvgIpc) is 3.18. The lowest BCUT2D eigenvalue weighted by molar-refractivity contribution is 0.0825. The third-order valence-corrected chi connectivity index (χ3v) is 4.66. The van der Waals surface area contributed by atoms with Crippen molar-refractivity contribution in [3.63, 3.8) is 0 Å². The molecule has 1 saturated carbocycles. The Bertz CT molecular complexity index is 670. The molecule has 0 N–H and O–H groups in total. The molecule has 0 radical (unpaired) electrons. The summed E-state index contributed by atoms with van der Waals surface area (Å²) in [6, 6.07) is 0. The van der Waals surface area contributed by atoms with Gasteiger partial charge in [0, 0.05) is 26.1 Å². The van der Waals surface area contributed by atoms with Crippen LogP contribution in [-0.2, 0) is 6.42 Å². The van der Waals surface area contributed by atoms with Crippen molar-refractivity contribution in [1.82, 2.24) is 9.88 Å². The van der Waals surface area contributed by atoms with Gasteiger partial charge in [0.15, 0.2) is 5.78 Å². The fourth-order valence-corrected chi connectivity index (χ4v) is 3.54. The van der Waals surface area contributed by atoms with Crippen LogP contribution in [-0.4, -0.2) is 35.7 Å². The average molecular weight is 300 g/mol. The van der Waals surface area contributed by atoms with Crippen LogP contribution in [0.2, 0.25) is 0 Å². The molecule has 0 bridgehead atoms. The molecule has 1 amide bonds. The number of carbonyl (C=O) groups excluding carboxylic acids is 2. The number of hydrogen-bond acceptors (Lipinski definition) is 3. The second kappa shape index (κ2) is 4.90. The summed E-state index contributed by atoms with van der Waals surface area (Å²) in [5.74, 6) is 0.486. The lowest BCUT2D eigenvalue weighted by atomic mass is 9.73. The summed E-state index contributed by atoms with van der Waals surface area (Å²) in [6.07, 6.45) is 3.49. The van der Waals surface area contributed by atoms with Crippen LogP contribution >= 0.6 is 0 Å². The Hall–Kier alpha value is -1.71. The van der Waals surface area contributed by atoms with E-state index >= 15 is 0 Å². The Morgan fingerprint density at radius 1 is 1.23 bits per heavy atom. The van der Waals surface area contributed by atoms with Crippen LogP contribution in [0.25, 0.3) is 0 Å². The lowest BCUT2D eigenvalue weighted by Crippen LogP contribution is -2.32. The van der Waals surface area contributed by atoms with Gasteiger partial charge in [0.2, 0.25) is 0 Å². The first-order valence-corrected chi connectivity index (χ1v) is 7.99. The molecule has 118 valence electrons. The molecule has 0 atom stereocenters. The minimum atomic E-state index is -0.0442. The maximum Gasteiger partial charge on any atom is 0.255 e. The third-order valence-electron chi connectivity index (χ3n) is 4.66. The van der Waals surface area contributed by atoms with Gasteiger partial charge in [-0.2, -0.15) is 0 Å². The first-order valence-electron chi connectivity index (χ1n) is 7.99. The summed E-state index contributed by atoms with van der Waals surface area (Å²) in [5, 5.41) is 0. The van der Waals surface area contributed by atoms with Crippen LogP contribution in [0, 0.1) is 12.3 Å². The predicted molar refractivity (Wildman–Crippen MR) is 85.4 cm³/mol. The van der Waals surface area contributed by atoms with Crippen molar-refractivity contribution in [2.45, 2.75) is 52.4 Å². The number of ketones is 1. The molecular formula is C18H24N2O2. The number of aryl methyl sites for hydroxylation is 1. The van der Waals surface area contributed by atoms with Gasteiger partial charge in [-0.1, -0.05) is 13.8 Å². The maximum absolute atomic E-state index is 12.7. The van der Waals surface area contributed by atoms with E-state index in [9.17, 15) is 9.59 Å². The molecule has 4 heteroatoms. The van der Waals surface area contributed by atoms with E-state index in [1.54, 1.807) is 19.0 Å². The fraction of sp³-hybridized carbons (Fsp3) is 0.611. The van der Waals surface area contributed by atoms with Gasteiger partial charge in [-0.25, -0.2) is 0 Å². The van der Waals surface area contributed by atoms with Crippen LogP contribution in [0.5, 0.6) is 0 Å². The topological polar surface area (TPSA) is 50.3 Å². The number of hydrogen-bond donors (Lipinski definition) is 0. The van der Waals surface area contributed by atoms with E-state index in [1.165, 1.54) is 0 Å². The molecule has 1 heterocycles. The van der Waals surface area contributed by atoms with Gasteiger partial charge in [0.05, 0.1) is 17.0 Å². The summed E-state index contributed by atoms with van der Waals surface area (Å²) >= 11 is 0. The minimum absolute atomic E-state index is 0.0349. The SMILES string of the molecule is Cc1nc2c(c(C3CC3)c1C(=O)N(C)C)C(=O)CC(C)(C)C2. The first kappa shape index (κ1) is 15.2. The summed E-state index contributed by atoms with van der Waals surface area (Å²) in [4.78, 5) is 31.6. The zero-order valence-corrected chi connectivity index (χ0v) is 14.1. The second-order valence-corrected chi connectivity index (χ2v) is 7.72. The number of pyridine rings is 1. The second-order valence-electron chi connectivity index (χ2n) is 7.72. The highest BCUT2D eigenvalue weighted by Gasteiger charge is 2.40. The minimum Gasteiger partial charge on any atom is -0.345 e. The number of carbonyl (C=O) groups is 2. The highest BCUT2D eigenvalue weighted by atomic mass is 16.2. The van der Waals surface area contributed by atoms with E-state index < -0.39 is 0 Å². The van der Waals surface area contributed by atoms with E-state index in [1.807, 2.05) is 6.92 Å². The molecule has 1 fully saturated rings. The number of aromatic nitrogens is 1. The number of Topliss-reactive ketones (excluding diaryl/α,β-unsaturated/α-hetero) is 1. The number of fused-ring (bicyclic) bond motifs is 1. The molecular weight excluding hydrogens is 276 g/mol. The molecule has 4 nitrogen and oxygen atoms in total. The van der Waals surface area contributed by atoms with E-state index in [-0.39, 0.29) is 17.1 Å². The number of nitrogens with zero attached hydrogens (tertiary/aromatic N) is 2. The fourth-order valence-electron chi connectivity index (χ4n) is 3.54. The van der Waals surface area contributed by atoms with Gasteiger partial charge in [-0.3, -0.25) is 14.6 Å². The Kier molecular flexibility index (Phi) is 3.38. The first-order chi connectivity index (χ1) is 10.2. The van der Waals surface area contributed by atoms with E-state index in [2.05, 4.69) is 18.8 Å². The molecule has 0 unspecified atom stereocenters. The lowest BCUT2D eigenvalue weighted by Gasteiger charge is -2.32. The molecule has 22 heavy (non-hydrogen) atoms. The van der Waals surface area contributed by atoms with Crippen molar-refractivity contribution in [3.05, 3.63) is 28.1 Å². The van der Waals surface area contributed by atoms with Crippen LogP contribution in [0.4, 0.5) is 0 Å². The molecule has 3 rings (SSSR count). The number of amides is 1. The summed E-state index contributed by atoms with van der Waals surface area (Å²) in [6.45, 7) is 6.12. The summed E-state index contributed by atoms with van der Waals surface area (Å²) in [7, 11) is 3.51. The van der Waals surface area contributed by atoms with E-state index in [0.29, 0.717) is 17.9 Å². The Morgan fingerprint density at radius 3 is 2.41 bits per heavy atom. The molecule has 0 aliphatic heterocycles. The standard InChI is InChI=1S/C18H24N2O2/c1-10-14(17(22)20(4)5)15(11-6-7-11)16-12(19-10)8-18(2,3)9-13(16)21/h11H,6-9H2,1-5H3. The molecule has 2 aliphatic rings. The zero-order chi connectivity index (χ0) is 16.2. The predicted octanol–water partition coefficient (Wildman–Crippen LogP) is 3.12. The van der Waals surface area contributed by atoms with Crippen molar-refractivity contribution < 1.29 is 9.59 Å². The van der Waals surface area contributed by atoms with Gasteiger partial charge in [0.25, 0.3) is 5.91 Å². The molecule has 1 aromatic heterocycles.